The van der Waals surface area contributed by atoms with E-state index in [0.717, 1.165) is 22.4 Å². The SMILES string of the molecule is CCOC(=O)C1=C(N)SC(c2nc3ccccc3[nH]2)C1c1cccnc1.Cl.Cl. The summed E-state index contributed by atoms with van der Waals surface area (Å²) in [7, 11) is 0. The van der Waals surface area contributed by atoms with Crippen LogP contribution in [0, 0.1) is 0 Å². The van der Waals surface area contributed by atoms with E-state index in [1.165, 1.54) is 11.8 Å². The van der Waals surface area contributed by atoms with E-state index in [4.69, 9.17) is 15.5 Å². The number of ether oxygens (including phenoxy) is 1. The van der Waals surface area contributed by atoms with E-state index in [1.54, 1.807) is 19.3 Å². The van der Waals surface area contributed by atoms with Crippen molar-refractivity contribution in [3.05, 3.63) is 70.8 Å². The van der Waals surface area contributed by atoms with Crippen LogP contribution in [-0.2, 0) is 9.53 Å². The maximum absolute atomic E-state index is 12.6. The quantitative estimate of drug-likeness (QED) is 0.595. The van der Waals surface area contributed by atoms with Gasteiger partial charge in [0.05, 0.1) is 33.5 Å². The van der Waals surface area contributed by atoms with Crippen LogP contribution in [0.5, 0.6) is 0 Å². The summed E-state index contributed by atoms with van der Waals surface area (Å²) in [5, 5.41) is 0.328. The molecule has 3 N–H and O–H groups in total. The minimum absolute atomic E-state index is 0. The van der Waals surface area contributed by atoms with E-state index >= 15 is 0 Å². The summed E-state index contributed by atoms with van der Waals surface area (Å²) in [4.78, 5) is 24.8. The van der Waals surface area contributed by atoms with Crippen molar-refractivity contribution >= 4 is 53.6 Å². The second-order valence-corrected chi connectivity index (χ2v) is 7.12. The van der Waals surface area contributed by atoms with Gasteiger partial charge in [-0.3, -0.25) is 4.98 Å². The van der Waals surface area contributed by atoms with E-state index < -0.39 is 0 Å². The molecule has 1 aliphatic rings. The Morgan fingerprint density at radius 3 is 2.71 bits per heavy atom. The lowest BCUT2D eigenvalue weighted by Gasteiger charge is -2.19. The van der Waals surface area contributed by atoms with Crippen LogP contribution < -0.4 is 5.73 Å². The van der Waals surface area contributed by atoms with E-state index in [9.17, 15) is 4.79 Å². The van der Waals surface area contributed by atoms with Crippen LogP contribution in [0.15, 0.2) is 59.4 Å². The predicted octanol–water partition coefficient (Wildman–Crippen LogP) is 4.11. The molecule has 3 aromatic rings. The zero-order chi connectivity index (χ0) is 18.1. The number of nitrogens with one attached hydrogen (secondary N) is 1. The Kier molecular flexibility index (Phi) is 7.35. The fourth-order valence-electron chi connectivity index (χ4n) is 3.23. The smallest absolute Gasteiger partial charge is 0.337 e. The molecule has 2 aromatic heterocycles. The maximum atomic E-state index is 12.6. The van der Waals surface area contributed by atoms with Gasteiger partial charge in [-0.05, 0) is 30.7 Å². The van der Waals surface area contributed by atoms with Gasteiger partial charge in [-0.25, -0.2) is 9.78 Å². The summed E-state index contributed by atoms with van der Waals surface area (Å²) in [6.07, 6.45) is 3.47. The molecule has 0 saturated heterocycles. The second kappa shape index (κ2) is 9.32. The number of aromatic amines is 1. The van der Waals surface area contributed by atoms with Crippen LogP contribution >= 0.6 is 36.6 Å². The molecule has 0 amide bonds. The molecule has 0 fully saturated rings. The molecule has 148 valence electrons. The van der Waals surface area contributed by atoms with Gasteiger partial charge in [-0.2, -0.15) is 0 Å². The second-order valence-electron chi connectivity index (χ2n) is 5.94. The van der Waals surface area contributed by atoms with Crippen LogP contribution in [0.4, 0.5) is 0 Å². The highest BCUT2D eigenvalue weighted by atomic mass is 35.5. The number of nitrogens with two attached hydrogens (primary N) is 1. The van der Waals surface area contributed by atoms with Crippen molar-refractivity contribution in [3.63, 3.8) is 0 Å². The molecule has 2 unspecified atom stereocenters. The molecule has 0 spiro atoms. The van der Waals surface area contributed by atoms with Crippen molar-refractivity contribution in [1.29, 1.82) is 0 Å². The Labute approximate surface area is 179 Å². The molecule has 28 heavy (non-hydrogen) atoms. The molecule has 0 bridgehead atoms. The first-order valence-electron chi connectivity index (χ1n) is 8.37. The summed E-state index contributed by atoms with van der Waals surface area (Å²) < 4.78 is 5.25. The van der Waals surface area contributed by atoms with E-state index in [0.29, 0.717) is 17.2 Å². The highest BCUT2D eigenvalue weighted by molar-refractivity contribution is 8.03. The van der Waals surface area contributed by atoms with Gasteiger partial charge in [0.1, 0.15) is 5.82 Å². The van der Waals surface area contributed by atoms with Crippen LogP contribution in [0.25, 0.3) is 11.0 Å². The number of carbonyl (C=O) groups excluding carboxylic acids is 1. The molecular formula is C19H20Cl2N4O2S. The van der Waals surface area contributed by atoms with E-state index in [2.05, 4.69) is 9.97 Å². The van der Waals surface area contributed by atoms with Crippen molar-refractivity contribution in [2.24, 2.45) is 5.73 Å². The molecule has 6 nitrogen and oxygen atoms in total. The highest BCUT2D eigenvalue weighted by Crippen LogP contribution is 2.54. The molecule has 4 rings (SSSR count). The van der Waals surface area contributed by atoms with Crippen LogP contribution in [-0.4, -0.2) is 27.5 Å². The number of para-hydroxylation sites is 2. The average Bonchev–Trinajstić information content (AvgIpc) is 3.23. The largest absolute Gasteiger partial charge is 0.463 e. The highest BCUT2D eigenvalue weighted by Gasteiger charge is 2.42. The number of fused-ring (bicyclic) bond motifs is 1. The number of carbonyl (C=O) groups is 1. The molecule has 1 aliphatic heterocycles. The van der Waals surface area contributed by atoms with Gasteiger partial charge >= 0.3 is 5.97 Å². The topological polar surface area (TPSA) is 93.9 Å². The predicted molar refractivity (Wildman–Crippen MR) is 116 cm³/mol. The summed E-state index contributed by atoms with van der Waals surface area (Å²) in [5.41, 5.74) is 9.47. The minimum Gasteiger partial charge on any atom is -0.463 e. The molecule has 1 aromatic carbocycles. The number of pyridine rings is 1. The van der Waals surface area contributed by atoms with E-state index in [-0.39, 0.29) is 42.0 Å². The Bertz CT molecular complexity index is 961. The first-order valence-corrected chi connectivity index (χ1v) is 9.25. The molecule has 9 heteroatoms. The fraction of sp³-hybridized carbons (Fsp3) is 0.211. The maximum Gasteiger partial charge on any atom is 0.337 e. The summed E-state index contributed by atoms with van der Waals surface area (Å²) >= 11 is 1.43. The number of benzene rings is 1. The van der Waals surface area contributed by atoms with Crippen LogP contribution in [0.1, 0.15) is 29.5 Å². The lowest BCUT2D eigenvalue weighted by molar-refractivity contribution is -0.138. The number of rotatable bonds is 4. The lowest BCUT2D eigenvalue weighted by Crippen LogP contribution is -2.17. The Morgan fingerprint density at radius 2 is 2.04 bits per heavy atom. The zero-order valence-corrected chi connectivity index (χ0v) is 17.4. The summed E-state index contributed by atoms with van der Waals surface area (Å²) in [6.45, 7) is 2.09. The van der Waals surface area contributed by atoms with Crippen molar-refractivity contribution in [1.82, 2.24) is 15.0 Å². The van der Waals surface area contributed by atoms with Crippen LogP contribution in [0.3, 0.4) is 0 Å². The fourth-order valence-corrected chi connectivity index (χ4v) is 4.50. The normalized spacial score (nSPS) is 18.5. The third-order valence-electron chi connectivity index (χ3n) is 4.35. The summed E-state index contributed by atoms with van der Waals surface area (Å²) in [5.74, 6) is 0.130. The van der Waals surface area contributed by atoms with Crippen LogP contribution in [0.2, 0.25) is 0 Å². The average molecular weight is 439 g/mol. The number of esters is 1. The van der Waals surface area contributed by atoms with Gasteiger partial charge in [0.2, 0.25) is 0 Å². The van der Waals surface area contributed by atoms with Gasteiger partial charge in [0.25, 0.3) is 0 Å². The number of aromatic nitrogens is 3. The molecule has 0 radical (unpaired) electrons. The van der Waals surface area contributed by atoms with Crippen molar-refractivity contribution in [2.45, 2.75) is 18.1 Å². The zero-order valence-electron chi connectivity index (χ0n) is 15.0. The molecule has 2 atom stereocenters. The number of hydrogen-bond donors (Lipinski definition) is 2. The molecule has 0 aliphatic carbocycles. The third-order valence-corrected chi connectivity index (χ3v) is 5.57. The third kappa shape index (κ3) is 3.97. The van der Waals surface area contributed by atoms with Gasteiger partial charge in [0.15, 0.2) is 0 Å². The van der Waals surface area contributed by atoms with Gasteiger partial charge in [0, 0.05) is 18.3 Å². The molecule has 3 heterocycles. The Hall–Kier alpha value is -2.22. The first-order chi connectivity index (χ1) is 12.7. The monoisotopic (exact) mass is 438 g/mol. The number of thioether (sulfide) groups is 1. The Balaban J connectivity index is 0.00000140. The summed E-state index contributed by atoms with van der Waals surface area (Å²) in [6, 6.07) is 11.6. The van der Waals surface area contributed by atoms with Crippen molar-refractivity contribution in [3.8, 4) is 0 Å². The number of nitrogens with zero attached hydrogens (tertiary/aromatic N) is 2. The van der Waals surface area contributed by atoms with E-state index in [1.807, 2.05) is 36.4 Å². The minimum atomic E-state index is -0.384. The van der Waals surface area contributed by atoms with Crippen molar-refractivity contribution < 1.29 is 9.53 Å². The van der Waals surface area contributed by atoms with Gasteiger partial charge in [-0.1, -0.05) is 30.0 Å². The number of imidazole rings is 1. The molecular weight excluding hydrogens is 419 g/mol. The first kappa shape index (κ1) is 22.1. The lowest BCUT2D eigenvalue weighted by atomic mass is 9.89. The molecule has 0 saturated carbocycles. The number of hydrogen-bond acceptors (Lipinski definition) is 6. The van der Waals surface area contributed by atoms with Gasteiger partial charge < -0.3 is 15.5 Å². The number of H-pyrrole nitrogens is 1. The standard InChI is InChI=1S/C19H18N4O2S.2ClH/c1-2-25-19(24)15-14(11-6-5-9-21-10-11)16(26-17(15)20)18-22-12-7-3-4-8-13(12)23-18;;/h3-10,14,16H,2,20H2,1H3,(H,22,23);2*1H. The Morgan fingerprint density at radius 1 is 1.25 bits per heavy atom. The number of halogens is 2. The van der Waals surface area contributed by atoms with Crippen molar-refractivity contribution in [2.75, 3.05) is 6.61 Å². The van der Waals surface area contributed by atoms with Gasteiger partial charge in [-0.15, -0.1) is 24.8 Å².